The molecule has 6 nitrogen and oxygen atoms in total. The van der Waals surface area contributed by atoms with E-state index < -0.39 is 33.7 Å². The van der Waals surface area contributed by atoms with Crippen LogP contribution in [0.1, 0.15) is 33.2 Å². The predicted octanol–water partition coefficient (Wildman–Crippen LogP) is 2.21. The Kier molecular flexibility index (Phi) is 5.34. The summed E-state index contributed by atoms with van der Waals surface area (Å²) in [7, 11) is -3.99. The number of sulfonamides is 1. The van der Waals surface area contributed by atoms with E-state index in [-0.39, 0.29) is 16.0 Å². The lowest BCUT2D eigenvalue weighted by atomic mass is 10.1. The van der Waals surface area contributed by atoms with Gasteiger partial charge in [-0.15, -0.1) is 0 Å². The fraction of sp³-hybridized carbons (Fsp3) is 0.176. The molecule has 2 aromatic carbocycles. The van der Waals surface area contributed by atoms with Gasteiger partial charge in [0.1, 0.15) is 5.82 Å². The van der Waals surface area contributed by atoms with Gasteiger partial charge >= 0.3 is 5.97 Å². The second-order valence-electron chi connectivity index (χ2n) is 5.44. The van der Waals surface area contributed by atoms with E-state index in [1.165, 1.54) is 38.1 Å². The largest absolute Gasteiger partial charge is 0.451 e. The van der Waals surface area contributed by atoms with Crippen LogP contribution < -0.4 is 5.14 Å². The van der Waals surface area contributed by atoms with Crippen LogP contribution in [0.5, 0.6) is 0 Å². The topological polar surface area (TPSA) is 104 Å². The first-order valence-corrected chi connectivity index (χ1v) is 8.78. The van der Waals surface area contributed by atoms with Gasteiger partial charge in [-0.3, -0.25) is 4.79 Å². The van der Waals surface area contributed by atoms with Crippen molar-refractivity contribution in [3.05, 3.63) is 65.0 Å². The molecule has 2 rings (SSSR count). The number of hydrogen-bond donors (Lipinski definition) is 1. The van der Waals surface area contributed by atoms with Crippen molar-refractivity contribution in [2.45, 2.75) is 24.8 Å². The zero-order valence-electron chi connectivity index (χ0n) is 13.5. The fourth-order valence-corrected chi connectivity index (χ4v) is 2.97. The van der Waals surface area contributed by atoms with E-state index in [0.717, 1.165) is 18.2 Å². The molecule has 0 spiro atoms. The maximum atomic E-state index is 12.9. The normalized spacial score (nSPS) is 12.5. The highest BCUT2D eigenvalue weighted by Gasteiger charge is 2.22. The Morgan fingerprint density at radius 1 is 1.08 bits per heavy atom. The molecule has 0 radical (unpaired) electrons. The van der Waals surface area contributed by atoms with Crippen molar-refractivity contribution in [1.29, 1.82) is 0 Å². The molecule has 0 fully saturated rings. The molecule has 2 N–H and O–H groups in total. The molecule has 2 aromatic rings. The summed E-state index contributed by atoms with van der Waals surface area (Å²) in [6.07, 6.45) is -1.13. The molecule has 25 heavy (non-hydrogen) atoms. The zero-order chi connectivity index (χ0) is 18.8. The number of aryl methyl sites for hydroxylation is 1. The lowest BCUT2D eigenvalue weighted by Gasteiger charge is -2.13. The molecule has 0 bridgehead atoms. The highest BCUT2D eigenvalue weighted by molar-refractivity contribution is 7.89. The molecule has 1 atom stereocenters. The summed E-state index contributed by atoms with van der Waals surface area (Å²) in [6, 6.07) is 8.71. The van der Waals surface area contributed by atoms with Crippen LogP contribution in [0.2, 0.25) is 0 Å². The number of hydrogen-bond acceptors (Lipinski definition) is 5. The fourth-order valence-electron chi connectivity index (χ4n) is 2.16. The van der Waals surface area contributed by atoms with Gasteiger partial charge in [-0.25, -0.2) is 22.7 Å². The Labute approximate surface area is 144 Å². The third-order valence-corrected chi connectivity index (χ3v) is 4.57. The molecule has 1 unspecified atom stereocenters. The van der Waals surface area contributed by atoms with Gasteiger partial charge < -0.3 is 4.74 Å². The lowest BCUT2D eigenvalue weighted by Crippen LogP contribution is -2.24. The minimum absolute atomic E-state index is 0.0478. The Morgan fingerprint density at radius 3 is 2.20 bits per heavy atom. The molecule has 0 heterocycles. The predicted molar refractivity (Wildman–Crippen MR) is 88.2 cm³/mol. The number of benzene rings is 2. The van der Waals surface area contributed by atoms with Gasteiger partial charge in [-0.05, 0) is 55.8 Å². The van der Waals surface area contributed by atoms with Gasteiger partial charge in [0.2, 0.25) is 15.8 Å². The summed E-state index contributed by atoms with van der Waals surface area (Å²) in [5.41, 5.74) is 0.527. The van der Waals surface area contributed by atoms with Crippen molar-refractivity contribution in [1.82, 2.24) is 0 Å². The third-order valence-electron chi connectivity index (χ3n) is 3.51. The Bertz CT molecular complexity index is 923. The molecule has 8 heteroatoms. The minimum atomic E-state index is -3.99. The molecule has 0 aliphatic carbocycles. The summed E-state index contributed by atoms with van der Waals surface area (Å²) in [6.45, 7) is 2.91. The zero-order valence-corrected chi connectivity index (χ0v) is 14.3. The molecule has 0 saturated carbocycles. The molecule has 0 aliphatic rings. The lowest BCUT2D eigenvalue weighted by molar-refractivity contribution is 0.0318. The van der Waals surface area contributed by atoms with E-state index in [1.807, 2.05) is 0 Å². The third kappa shape index (κ3) is 4.49. The molecule has 132 valence electrons. The van der Waals surface area contributed by atoms with Crippen LogP contribution in [-0.4, -0.2) is 26.3 Å². The minimum Gasteiger partial charge on any atom is -0.451 e. The number of ether oxygens (including phenoxy) is 1. The van der Waals surface area contributed by atoms with Crippen molar-refractivity contribution in [3.63, 3.8) is 0 Å². The summed E-state index contributed by atoms with van der Waals surface area (Å²) in [4.78, 5) is 24.2. The maximum Gasteiger partial charge on any atom is 0.338 e. The van der Waals surface area contributed by atoms with Gasteiger partial charge in [0, 0.05) is 5.56 Å². The van der Waals surface area contributed by atoms with Crippen molar-refractivity contribution >= 4 is 21.8 Å². The average Bonchev–Trinajstić information content (AvgIpc) is 2.54. The van der Waals surface area contributed by atoms with Crippen LogP contribution >= 0.6 is 0 Å². The summed E-state index contributed by atoms with van der Waals surface area (Å²) < 4.78 is 41.0. The number of nitrogens with two attached hydrogens (primary N) is 1. The van der Waals surface area contributed by atoms with E-state index in [9.17, 15) is 22.4 Å². The van der Waals surface area contributed by atoms with E-state index in [0.29, 0.717) is 5.56 Å². The smallest absolute Gasteiger partial charge is 0.338 e. The number of primary sulfonamides is 1. The van der Waals surface area contributed by atoms with Gasteiger partial charge in [0.15, 0.2) is 6.10 Å². The van der Waals surface area contributed by atoms with Crippen LogP contribution in [0, 0.1) is 12.7 Å². The van der Waals surface area contributed by atoms with E-state index >= 15 is 0 Å². The number of Topliss-reactive ketones (excluding diaryl/α,β-unsaturated/α-hetero) is 1. The number of ketones is 1. The first kappa shape index (κ1) is 18.8. The molecular formula is C17H16FNO5S. The van der Waals surface area contributed by atoms with E-state index in [1.54, 1.807) is 0 Å². The number of esters is 1. The van der Waals surface area contributed by atoms with Gasteiger partial charge in [0.05, 0.1) is 10.5 Å². The highest BCUT2D eigenvalue weighted by atomic mass is 32.2. The van der Waals surface area contributed by atoms with E-state index in [4.69, 9.17) is 9.88 Å². The van der Waals surface area contributed by atoms with Crippen molar-refractivity contribution < 1.29 is 27.1 Å². The number of rotatable bonds is 5. The van der Waals surface area contributed by atoms with Crippen molar-refractivity contribution in [2.75, 3.05) is 0 Å². The molecular weight excluding hydrogens is 349 g/mol. The summed E-state index contributed by atoms with van der Waals surface area (Å²) in [5.74, 6) is -1.86. The van der Waals surface area contributed by atoms with Gasteiger partial charge in [0.25, 0.3) is 0 Å². The standard InChI is InChI=1S/C17H16FNO5S/c1-10-3-4-13(9-15(10)25(19,22)23)17(21)24-11(2)16(20)12-5-7-14(18)8-6-12/h3-9,11H,1-2H3,(H2,19,22,23). The molecule has 0 aromatic heterocycles. The molecule has 0 aliphatic heterocycles. The summed E-state index contributed by atoms with van der Waals surface area (Å²) in [5, 5.41) is 5.10. The van der Waals surface area contributed by atoms with Gasteiger partial charge in [-0.1, -0.05) is 6.07 Å². The highest BCUT2D eigenvalue weighted by Crippen LogP contribution is 2.17. The van der Waals surface area contributed by atoms with E-state index in [2.05, 4.69) is 0 Å². The monoisotopic (exact) mass is 365 g/mol. The first-order valence-electron chi connectivity index (χ1n) is 7.24. The first-order chi connectivity index (χ1) is 11.6. The quantitative estimate of drug-likeness (QED) is 0.646. The van der Waals surface area contributed by atoms with Crippen LogP contribution in [0.25, 0.3) is 0 Å². The molecule has 0 saturated heterocycles. The van der Waals surface area contributed by atoms with Crippen LogP contribution in [-0.2, 0) is 14.8 Å². The van der Waals surface area contributed by atoms with Crippen LogP contribution in [0.15, 0.2) is 47.4 Å². The number of carbonyl (C=O) groups excluding carboxylic acids is 2. The summed E-state index contributed by atoms with van der Waals surface area (Å²) >= 11 is 0. The second-order valence-corrected chi connectivity index (χ2v) is 6.97. The van der Waals surface area contributed by atoms with Crippen LogP contribution in [0.3, 0.4) is 0 Å². The Hall–Kier alpha value is -2.58. The maximum absolute atomic E-state index is 12.9. The Morgan fingerprint density at radius 2 is 1.64 bits per heavy atom. The SMILES string of the molecule is Cc1ccc(C(=O)OC(C)C(=O)c2ccc(F)cc2)cc1S(N)(=O)=O. The van der Waals surface area contributed by atoms with Crippen molar-refractivity contribution in [3.8, 4) is 0 Å². The van der Waals surface area contributed by atoms with Crippen molar-refractivity contribution in [2.24, 2.45) is 5.14 Å². The number of carbonyl (C=O) groups is 2. The van der Waals surface area contributed by atoms with Gasteiger partial charge in [-0.2, -0.15) is 0 Å². The second kappa shape index (κ2) is 7.12. The average molecular weight is 365 g/mol. The number of halogens is 1. The van der Waals surface area contributed by atoms with Crippen LogP contribution in [0.4, 0.5) is 4.39 Å². The molecule has 0 amide bonds. The Balaban J connectivity index is 2.19.